The maximum atomic E-state index is 12.2. The van der Waals surface area contributed by atoms with E-state index in [2.05, 4.69) is 5.32 Å². The first-order valence-electron chi connectivity index (χ1n) is 14.5. The van der Waals surface area contributed by atoms with Crippen molar-refractivity contribution in [1.29, 1.82) is 0 Å². The van der Waals surface area contributed by atoms with Crippen molar-refractivity contribution < 1.29 is 71.4 Å². The first-order valence-corrected chi connectivity index (χ1v) is 14.5. The fourth-order valence-electron chi connectivity index (χ4n) is 4.87. The van der Waals surface area contributed by atoms with E-state index in [9.17, 15) is 28.8 Å². The lowest BCUT2D eigenvalue weighted by Gasteiger charge is -2.46. The number of anilines is 1. The van der Waals surface area contributed by atoms with E-state index in [0.717, 1.165) is 27.7 Å². The molecule has 46 heavy (non-hydrogen) atoms. The Morgan fingerprint density at radius 3 is 1.76 bits per heavy atom. The van der Waals surface area contributed by atoms with Crippen molar-refractivity contribution in [3.8, 4) is 5.75 Å². The van der Waals surface area contributed by atoms with Crippen molar-refractivity contribution in [3.05, 3.63) is 24.3 Å². The van der Waals surface area contributed by atoms with Crippen LogP contribution in [-0.4, -0.2) is 98.2 Å². The Labute approximate surface area is 265 Å². The van der Waals surface area contributed by atoms with Crippen LogP contribution in [0.2, 0.25) is 0 Å². The van der Waals surface area contributed by atoms with Gasteiger partial charge < -0.3 is 47.9 Å². The molecule has 0 saturated carbocycles. The Bertz CT molecular complexity index is 1250. The van der Waals surface area contributed by atoms with Gasteiger partial charge in [-0.3, -0.25) is 28.8 Å². The summed E-state index contributed by atoms with van der Waals surface area (Å²) in [6.45, 7) is 6.46. The summed E-state index contributed by atoms with van der Waals surface area (Å²) in [7, 11) is 0. The maximum Gasteiger partial charge on any atom is 0.303 e. The first-order chi connectivity index (χ1) is 21.7. The van der Waals surface area contributed by atoms with E-state index >= 15 is 0 Å². The minimum Gasteiger partial charge on any atom is -0.465 e. The number of carbonyl (C=O) groups excluding carboxylic acids is 6. The van der Waals surface area contributed by atoms with Crippen LogP contribution in [0, 0.1) is 0 Å². The van der Waals surface area contributed by atoms with Crippen LogP contribution >= 0.6 is 0 Å². The van der Waals surface area contributed by atoms with Gasteiger partial charge in [0.2, 0.25) is 5.91 Å². The number of rotatable bonds is 12. The predicted molar refractivity (Wildman–Crippen MR) is 153 cm³/mol. The van der Waals surface area contributed by atoms with Gasteiger partial charge in [-0.15, -0.1) is 0 Å². The molecule has 16 heteroatoms. The van der Waals surface area contributed by atoms with Crippen molar-refractivity contribution in [1.82, 2.24) is 0 Å². The molecule has 1 N–H and O–H groups in total. The average Bonchev–Trinajstić information content (AvgIpc) is 2.95. The lowest BCUT2D eigenvalue weighted by molar-refractivity contribution is -0.332. The van der Waals surface area contributed by atoms with Crippen LogP contribution in [0.5, 0.6) is 5.75 Å². The summed E-state index contributed by atoms with van der Waals surface area (Å²) in [5.74, 6) is -3.35. The summed E-state index contributed by atoms with van der Waals surface area (Å²) in [6.07, 6.45) is -8.85. The number of benzene rings is 1. The zero-order valence-corrected chi connectivity index (χ0v) is 26.4. The number of esters is 5. The van der Waals surface area contributed by atoms with Gasteiger partial charge in [-0.1, -0.05) is 0 Å². The highest BCUT2D eigenvalue weighted by atomic mass is 16.8. The van der Waals surface area contributed by atoms with E-state index in [1.165, 1.54) is 13.8 Å². The molecular weight excluding hydrogens is 614 g/mol. The van der Waals surface area contributed by atoms with Crippen molar-refractivity contribution in [2.24, 2.45) is 0 Å². The Balaban J connectivity index is 1.86. The van der Waals surface area contributed by atoms with E-state index in [-0.39, 0.29) is 18.9 Å². The van der Waals surface area contributed by atoms with Gasteiger partial charge in [-0.2, -0.15) is 0 Å². The normalized spacial score (nSPS) is 27.3. The molecule has 2 aliphatic rings. The van der Waals surface area contributed by atoms with Crippen LogP contribution in [0.15, 0.2) is 24.3 Å². The molecule has 0 aliphatic carbocycles. The minimum atomic E-state index is -1.45. The van der Waals surface area contributed by atoms with Gasteiger partial charge in [-0.05, 0) is 30.7 Å². The Morgan fingerprint density at radius 2 is 1.22 bits per heavy atom. The smallest absolute Gasteiger partial charge is 0.303 e. The third-order valence-electron chi connectivity index (χ3n) is 6.58. The van der Waals surface area contributed by atoms with Crippen LogP contribution in [0.3, 0.4) is 0 Å². The molecule has 2 heterocycles. The lowest BCUT2D eigenvalue weighted by Crippen LogP contribution is -2.64. The van der Waals surface area contributed by atoms with Crippen LogP contribution < -0.4 is 10.1 Å². The average molecular weight is 654 g/mol. The topological polar surface area (TPSA) is 198 Å². The number of nitrogens with one attached hydrogen (secondary N) is 1. The molecule has 1 amide bonds. The first kappa shape index (κ1) is 36.2. The summed E-state index contributed by atoms with van der Waals surface area (Å²) >= 11 is 0. The van der Waals surface area contributed by atoms with Gasteiger partial charge in [-0.25, -0.2) is 0 Å². The van der Waals surface area contributed by atoms with Gasteiger partial charge in [0.15, 0.2) is 30.9 Å². The Hall–Kier alpha value is -4.28. The zero-order valence-electron chi connectivity index (χ0n) is 26.4. The molecule has 8 atom stereocenters. The molecule has 2 saturated heterocycles. The summed E-state index contributed by atoms with van der Waals surface area (Å²) < 4.78 is 51.0. The van der Waals surface area contributed by atoms with Gasteiger partial charge in [0, 0.05) is 53.7 Å². The van der Waals surface area contributed by atoms with Crippen LogP contribution in [-0.2, 0) is 66.7 Å². The van der Waals surface area contributed by atoms with Crippen LogP contribution in [0.1, 0.15) is 54.4 Å². The highest BCUT2D eigenvalue weighted by Gasteiger charge is 2.54. The number of amides is 1. The second kappa shape index (κ2) is 16.9. The van der Waals surface area contributed by atoms with Gasteiger partial charge in [0.1, 0.15) is 31.2 Å². The van der Waals surface area contributed by atoms with E-state index in [1.807, 2.05) is 0 Å². The molecule has 0 radical (unpaired) electrons. The quantitative estimate of drug-likeness (QED) is 0.252. The maximum absolute atomic E-state index is 12.2. The highest BCUT2D eigenvalue weighted by molar-refractivity contribution is 5.88. The van der Waals surface area contributed by atoms with Crippen LogP contribution in [0.25, 0.3) is 0 Å². The molecule has 1 unspecified atom stereocenters. The van der Waals surface area contributed by atoms with E-state index in [0.29, 0.717) is 17.9 Å². The third-order valence-corrected chi connectivity index (χ3v) is 6.58. The van der Waals surface area contributed by atoms with Gasteiger partial charge >= 0.3 is 29.8 Å². The second-order valence-corrected chi connectivity index (χ2v) is 10.5. The summed E-state index contributed by atoms with van der Waals surface area (Å²) in [5.41, 5.74) is 0.579. The molecule has 0 bridgehead atoms. The van der Waals surface area contributed by atoms with Crippen molar-refractivity contribution >= 4 is 41.4 Å². The molecular formula is C30H39NO15. The second-order valence-electron chi connectivity index (χ2n) is 10.5. The monoisotopic (exact) mass is 653 g/mol. The molecule has 2 aliphatic heterocycles. The third kappa shape index (κ3) is 11.3. The minimum absolute atomic E-state index is 0.222. The van der Waals surface area contributed by atoms with Gasteiger partial charge in [0.05, 0.1) is 6.10 Å². The number of hydrogen-bond acceptors (Lipinski definition) is 15. The Kier molecular flexibility index (Phi) is 13.3. The predicted octanol–water partition coefficient (Wildman–Crippen LogP) is 1.56. The molecule has 0 spiro atoms. The van der Waals surface area contributed by atoms with Crippen LogP contribution in [0.4, 0.5) is 5.69 Å². The molecule has 0 aromatic heterocycles. The van der Waals surface area contributed by atoms with Crippen molar-refractivity contribution in [2.45, 2.75) is 104 Å². The van der Waals surface area contributed by atoms with E-state index < -0.39 is 85.7 Å². The van der Waals surface area contributed by atoms with Crippen molar-refractivity contribution in [3.63, 3.8) is 0 Å². The largest absolute Gasteiger partial charge is 0.465 e. The Morgan fingerprint density at radius 1 is 0.674 bits per heavy atom. The summed E-state index contributed by atoms with van der Waals surface area (Å²) in [4.78, 5) is 70.9. The summed E-state index contributed by atoms with van der Waals surface area (Å²) in [6, 6.07) is 6.62. The molecule has 2 fully saturated rings. The lowest BCUT2D eigenvalue weighted by atomic mass is 9.97. The fourth-order valence-corrected chi connectivity index (χ4v) is 4.87. The molecule has 1 aromatic rings. The fraction of sp³-hybridized carbons (Fsp3) is 0.600. The molecule has 1 aromatic carbocycles. The zero-order chi connectivity index (χ0) is 34.0. The number of hydrogen-bond donors (Lipinski definition) is 1. The van der Waals surface area contributed by atoms with Gasteiger partial charge in [0.25, 0.3) is 0 Å². The number of ether oxygens (including phenoxy) is 9. The molecule has 254 valence electrons. The van der Waals surface area contributed by atoms with Crippen molar-refractivity contribution in [2.75, 3.05) is 18.5 Å². The SMILES string of the molecule is CC(=O)Nc1ccc(O[C@@H]2CCC(O[C@H]3O[C@H](COC(C)=O)[C@@H](OC(C)=O)[C@H](OC(C)=O)[C@H]3OC(C)=O)[C@@H](COC(C)=O)O2)cc1. The highest BCUT2D eigenvalue weighted by Crippen LogP contribution is 2.33. The number of carbonyl (C=O) groups is 6. The summed E-state index contributed by atoms with van der Waals surface area (Å²) in [5, 5.41) is 2.66. The standard InChI is InChI=1S/C30H39NO15/c1-15(32)31-21-7-9-22(10-8-21)43-26-12-11-23(24(44-26)13-38-16(2)33)45-30-29(42-20(6)37)28(41-19(5)36)27(40-18(4)35)25(46-30)14-39-17(3)34/h7-10,23-30H,11-14H2,1-6H3,(H,31,32)/t23?,24-,25-,26+,27-,28+,29-,30+/m1/s1. The molecule has 16 nitrogen and oxygen atoms in total. The van der Waals surface area contributed by atoms with E-state index in [4.69, 9.17) is 42.6 Å². The molecule has 3 rings (SSSR count). The van der Waals surface area contributed by atoms with E-state index in [1.54, 1.807) is 24.3 Å².